The first-order valence-electron chi connectivity index (χ1n) is 6.37. The van der Waals surface area contributed by atoms with Crippen molar-refractivity contribution in [2.75, 3.05) is 19.6 Å². The molecule has 3 atom stereocenters. The lowest BCUT2D eigenvalue weighted by atomic mass is 9.74. The summed E-state index contributed by atoms with van der Waals surface area (Å²) in [5.74, 6) is 0.257. The van der Waals surface area contributed by atoms with E-state index in [-0.39, 0.29) is 5.92 Å². The van der Waals surface area contributed by atoms with E-state index in [0.717, 1.165) is 26.1 Å². The van der Waals surface area contributed by atoms with E-state index in [1.54, 1.807) is 0 Å². The first-order valence-corrected chi connectivity index (χ1v) is 6.37. The number of rotatable bonds is 1. The Morgan fingerprint density at radius 3 is 2.82 bits per heavy atom. The van der Waals surface area contributed by atoms with Crippen LogP contribution < -0.4 is 0 Å². The number of piperidine rings is 1. The lowest BCUT2D eigenvalue weighted by Gasteiger charge is -2.46. The van der Waals surface area contributed by atoms with Crippen molar-refractivity contribution in [3.63, 3.8) is 0 Å². The van der Waals surface area contributed by atoms with Crippen molar-refractivity contribution in [1.82, 2.24) is 4.90 Å². The predicted molar refractivity (Wildman–Crippen MR) is 69.6 cm³/mol. The van der Waals surface area contributed by atoms with Crippen LogP contribution in [0.4, 0.5) is 0 Å². The Labute approximate surface area is 103 Å². The first kappa shape index (κ1) is 11.0. The van der Waals surface area contributed by atoms with E-state index >= 15 is 0 Å². The molecule has 1 aromatic rings. The zero-order chi connectivity index (χ0) is 11.9. The summed E-state index contributed by atoms with van der Waals surface area (Å²) >= 11 is 0. The number of hydrogen-bond acceptors (Lipinski definition) is 2. The van der Waals surface area contributed by atoms with Gasteiger partial charge in [-0.15, -0.1) is 0 Å². The minimum Gasteiger partial charge on any atom is -0.389 e. The topological polar surface area (TPSA) is 23.5 Å². The third kappa shape index (κ3) is 1.92. The second-order valence-electron chi connectivity index (χ2n) is 5.44. The van der Waals surface area contributed by atoms with Crippen molar-refractivity contribution in [1.29, 1.82) is 0 Å². The second-order valence-corrected chi connectivity index (χ2v) is 5.44. The fourth-order valence-corrected chi connectivity index (χ4v) is 3.02. The lowest BCUT2D eigenvalue weighted by molar-refractivity contribution is -0.0366. The summed E-state index contributed by atoms with van der Waals surface area (Å²) in [6.07, 6.45) is 3.17. The zero-order valence-corrected chi connectivity index (χ0v) is 10.3. The van der Waals surface area contributed by atoms with Gasteiger partial charge >= 0.3 is 0 Å². The highest BCUT2D eigenvalue weighted by atomic mass is 16.3. The molecule has 0 saturated carbocycles. The van der Waals surface area contributed by atoms with E-state index < -0.39 is 5.60 Å². The van der Waals surface area contributed by atoms with E-state index in [2.05, 4.69) is 35.2 Å². The average Bonchev–Trinajstić information content (AvgIpc) is 2.36. The molecule has 90 valence electrons. The quantitative estimate of drug-likeness (QED) is 0.797. The molecular formula is C15H19NO. The molecule has 2 nitrogen and oxygen atoms in total. The first-order chi connectivity index (χ1) is 8.17. The van der Waals surface area contributed by atoms with Gasteiger partial charge in [-0.3, -0.25) is 4.90 Å². The molecule has 0 spiro atoms. The van der Waals surface area contributed by atoms with Gasteiger partial charge in [0.2, 0.25) is 0 Å². The van der Waals surface area contributed by atoms with E-state index in [0.29, 0.717) is 0 Å². The van der Waals surface area contributed by atoms with Gasteiger partial charge in [-0.2, -0.15) is 0 Å². The average molecular weight is 229 g/mol. The molecule has 0 amide bonds. The summed E-state index contributed by atoms with van der Waals surface area (Å²) in [7, 11) is 0. The Morgan fingerprint density at radius 1 is 1.29 bits per heavy atom. The fraction of sp³-hybridized carbons (Fsp3) is 0.467. The van der Waals surface area contributed by atoms with E-state index in [1.165, 1.54) is 11.1 Å². The van der Waals surface area contributed by atoms with Crippen molar-refractivity contribution in [2.45, 2.75) is 18.9 Å². The zero-order valence-electron chi connectivity index (χ0n) is 10.3. The van der Waals surface area contributed by atoms with Crippen LogP contribution in [0.15, 0.2) is 36.4 Å². The van der Waals surface area contributed by atoms with Crippen molar-refractivity contribution in [2.24, 2.45) is 5.92 Å². The van der Waals surface area contributed by atoms with Gasteiger partial charge in [0, 0.05) is 25.6 Å². The standard InChI is InChI=1S/C15H19NO/c1-15(17)8-10-16-9-7-13(14(15)11-16)12-5-3-2-4-6-12/h2-7,14,17H,8-11H2,1H3/t14-,15+/m0/s1. The predicted octanol–water partition coefficient (Wildman–Crippen LogP) is 2.16. The number of aliphatic hydroxyl groups is 1. The Hall–Kier alpha value is -1.12. The molecule has 2 bridgehead atoms. The summed E-state index contributed by atoms with van der Waals surface area (Å²) in [6, 6.07) is 10.5. The van der Waals surface area contributed by atoms with Gasteiger partial charge in [0.1, 0.15) is 0 Å². The number of hydrogen-bond donors (Lipinski definition) is 1. The monoisotopic (exact) mass is 229 g/mol. The minimum absolute atomic E-state index is 0.257. The largest absolute Gasteiger partial charge is 0.389 e. The molecule has 1 unspecified atom stereocenters. The van der Waals surface area contributed by atoms with E-state index in [9.17, 15) is 5.11 Å². The highest BCUT2D eigenvalue weighted by molar-refractivity contribution is 5.69. The smallest absolute Gasteiger partial charge is 0.0712 e. The molecule has 3 rings (SSSR count). The summed E-state index contributed by atoms with van der Waals surface area (Å²) < 4.78 is 0. The molecule has 2 heteroatoms. The maximum Gasteiger partial charge on any atom is 0.0712 e. The molecule has 1 saturated heterocycles. The highest BCUT2D eigenvalue weighted by Gasteiger charge is 2.41. The van der Waals surface area contributed by atoms with Gasteiger partial charge in [-0.1, -0.05) is 36.4 Å². The highest BCUT2D eigenvalue weighted by Crippen LogP contribution is 2.39. The number of nitrogens with zero attached hydrogens (tertiary/aromatic N) is 1. The molecule has 17 heavy (non-hydrogen) atoms. The third-order valence-electron chi connectivity index (χ3n) is 4.18. The van der Waals surface area contributed by atoms with Crippen molar-refractivity contribution in [3.05, 3.63) is 42.0 Å². The molecule has 0 aromatic heterocycles. The van der Waals surface area contributed by atoms with Crippen molar-refractivity contribution >= 4 is 5.57 Å². The minimum atomic E-state index is -0.557. The van der Waals surface area contributed by atoms with Gasteiger partial charge in [-0.05, 0) is 24.5 Å². The van der Waals surface area contributed by atoms with Crippen LogP contribution in [-0.2, 0) is 0 Å². The normalized spacial score (nSPS) is 36.5. The summed E-state index contributed by atoms with van der Waals surface area (Å²) in [5, 5.41) is 10.6. The van der Waals surface area contributed by atoms with Crippen LogP contribution >= 0.6 is 0 Å². The molecule has 0 radical (unpaired) electrons. The number of fused-ring (bicyclic) bond motifs is 2. The second kappa shape index (κ2) is 3.97. The van der Waals surface area contributed by atoms with Gasteiger partial charge < -0.3 is 5.11 Å². The number of benzene rings is 1. The maximum absolute atomic E-state index is 10.6. The third-order valence-corrected chi connectivity index (χ3v) is 4.18. The summed E-state index contributed by atoms with van der Waals surface area (Å²) in [4.78, 5) is 2.43. The molecule has 2 aliphatic heterocycles. The molecular weight excluding hydrogens is 210 g/mol. The summed E-state index contributed by atoms with van der Waals surface area (Å²) in [6.45, 7) is 5.02. The molecule has 0 aliphatic carbocycles. The molecule has 1 N–H and O–H groups in total. The van der Waals surface area contributed by atoms with Crippen molar-refractivity contribution < 1.29 is 5.11 Å². The van der Waals surface area contributed by atoms with Gasteiger partial charge in [0.05, 0.1) is 5.60 Å². The van der Waals surface area contributed by atoms with Crippen molar-refractivity contribution in [3.8, 4) is 0 Å². The van der Waals surface area contributed by atoms with Crippen LogP contribution in [0.25, 0.3) is 5.57 Å². The van der Waals surface area contributed by atoms with Crippen LogP contribution in [0.1, 0.15) is 18.9 Å². The molecule has 1 fully saturated rings. The van der Waals surface area contributed by atoms with Gasteiger partial charge in [0.15, 0.2) is 0 Å². The molecule has 1 aromatic carbocycles. The Morgan fingerprint density at radius 2 is 2.06 bits per heavy atom. The van der Waals surface area contributed by atoms with E-state index in [4.69, 9.17) is 0 Å². The molecule has 2 aliphatic rings. The van der Waals surface area contributed by atoms with Crippen LogP contribution in [0.2, 0.25) is 0 Å². The fourth-order valence-electron chi connectivity index (χ4n) is 3.02. The van der Waals surface area contributed by atoms with E-state index in [1.807, 2.05) is 13.0 Å². The Balaban J connectivity index is 1.99. The Bertz CT molecular complexity index is 435. The maximum atomic E-state index is 10.6. The van der Waals surface area contributed by atoms with Crippen LogP contribution in [0.5, 0.6) is 0 Å². The Kier molecular flexibility index (Phi) is 2.57. The van der Waals surface area contributed by atoms with Crippen LogP contribution in [0, 0.1) is 5.92 Å². The van der Waals surface area contributed by atoms with Crippen LogP contribution in [-0.4, -0.2) is 35.2 Å². The SMILES string of the molecule is C[C@@]1(O)CCN2CC=C(c3ccccc3)[C@@H]1C2. The molecule has 2 heterocycles. The van der Waals surface area contributed by atoms with Crippen LogP contribution in [0.3, 0.4) is 0 Å². The van der Waals surface area contributed by atoms with Gasteiger partial charge in [0.25, 0.3) is 0 Å². The van der Waals surface area contributed by atoms with Gasteiger partial charge in [-0.25, -0.2) is 0 Å². The lowest BCUT2D eigenvalue weighted by Crippen LogP contribution is -2.52. The summed E-state index contributed by atoms with van der Waals surface area (Å²) in [5.41, 5.74) is 2.03.